The van der Waals surface area contributed by atoms with Crippen LogP contribution in [-0.2, 0) is 6.54 Å². The molecule has 0 radical (unpaired) electrons. The highest BCUT2D eigenvalue weighted by atomic mass is 14.9. The Morgan fingerprint density at radius 1 is 1.29 bits per heavy atom. The fraction of sp³-hybridized carbons (Fsp3) is 0.538. The third-order valence-electron chi connectivity index (χ3n) is 3.07. The van der Waals surface area contributed by atoms with Crippen LogP contribution in [0.15, 0.2) is 24.3 Å². The SMILES string of the molecule is CCCCCC1NCc2ccccc21. The predicted molar refractivity (Wildman–Crippen MR) is 60.2 cm³/mol. The average Bonchev–Trinajstić information content (AvgIpc) is 2.63. The molecule has 0 bridgehead atoms. The van der Waals surface area contributed by atoms with E-state index < -0.39 is 0 Å². The summed E-state index contributed by atoms with van der Waals surface area (Å²) in [6.07, 6.45) is 5.32. The minimum atomic E-state index is 0.623. The maximum absolute atomic E-state index is 3.58. The molecule has 0 saturated heterocycles. The van der Waals surface area contributed by atoms with Crippen molar-refractivity contribution >= 4 is 0 Å². The Labute approximate surface area is 86.5 Å². The lowest BCUT2D eigenvalue weighted by Gasteiger charge is -2.11. The Morgan fingerprint density at radius 2 is 2.14 bits per heavy atom. The molecule has 14 heavy (non-hydrogen) atoms. The quantitative estimate of drug-likeness (QED) is 0.716. The van der Waals surface area contributed by atoms with E-state index in [0.29, 0.717) is 6.04 Å². The monoisotopic (exact) mass is 189 g/mol. The highest BCUT2D eigenvalue weighted by molar-refractivity contribution is 5.33. The molecule has 0 amide bonds. The standard InChI is InChI=1S/C13H19N/c1-2-3-4-9-13-12-8-6-5-7-11(12)10-14-13/h5-8,13-14H,2-4,9-10H2,1H3. The molecule has 1 aliphatic heterocycles. The zero-order chi connectivity index (χ0) is 9.80. The first kappa shape index (κ1) is 9.72. The number of benzene rings is 1. The average molecular weight is 189 g/mol. The van der Waals surface area contributed by atoms with Crippen molar-refractivity contribution in [3.8, 4) is 0 Å². The lowest BCUT2D eigenvalue weighted by molar-refractivity contribution is 0.508. The Morgan fingerprint density at radius 3 is 3.00 bits per heavy atom. The summed E-state index contributed by atoms with van der Waals surface area (Å²) in [5.41, 5.74) is 3.03. The first-order valence-corrected chi connectivity index (χ1v) is 5.73. The van der Waals surface area contributed by atoms with Crippen molar-refractivity contribution in [2.45, 2.75) is 45.2 Å². The molecule has 1 N–H and O–H groups in total. The van der Waals surface area contributed by atoms with Crippen LogP contribution in [0, 0.1) is 0 Å². The van der Waals surface area contributed by atoms with Crippen molar-refractivity contribution < 1.29 is 0 Å². The first-order valence-electron chi connectivity index (χ1n) is 5.73. The normalized spacial score (nSPS) is 19.6. The number of nitrogens with one attached hydrogen (secondary N) is 1. The summed E-state index contributed by atoms with van der Waals surface area (Å²) >= 11 is 0. The van der Waals surface area contributed by atoms with E-state index in [2.05, 4.69) is 36.5 Å². The molecule has 0 aliphatic carbocycles. The van der Waals surface area contributed by atoms with Crippen LogP contribution in [0.2, 0.25) is 0 Å². The molecule has 0 spiro atoms. The van der Waals surface area contributed by atoms with Crippen molar-refractivity contribution in [3.63, 3.8) is 0 Å². The zero-order valence-electron chi connectivity index (χ0n) is 8.92. The largest absolute Gasteiger partial charge is 0.306 e. The number of hydrogen-bond donors (Lipinski definition) is 1. The van der Waals surface area contributed by atoms with Gasteiger partial charge in [0, 0.05) is 12.6 Å². The van der Waals surface area contributed by atoms with E-state index in [9.17, 15) is 0 Å². The van der Waals surface area contributed by atoms with E-state index in [1.165, 1.54) is 36.8 Å². The van der Waals surface area contributed by atoms with Gasteiger partial charge in [-0.15, -0.1) is 0 Å². The number of rotatable bonds is 4. The summed E-state index contributed by atoms with van der Waals surface area (Å²) < 4.78 is 0. The van der Waals surface area contributed by atoms with Crippen LogP contribution in [-0.4, -0.2) is 0 Å². The van der Waals surface area contributed by atoms with Crippen LogP contribution < -0.4 is 5.32 Å². The Bertz CT molecular complexity index is 293. The maximum atomic E-state index is 3.58. The van der Waals surface area contributed by atoms with Gasteiger partial charge in [-0.2, -0.15) is 0 Å². The van der Waals surface area contributed by atoms with Crippen molar-refractivity contribution in [1.82, 2.24) is 5.32 Å². The van der Waals surface area contributed by atoms with Gasteiger partial charge in [-0.05, 0) is 17.5 Å². The smallest absolute Gasteiger partial charge is 0.0326 e. The van der Waals surface area contributed by atoms with Crippen molar-refractivity contribution in [2.24, 2.45) is 0 Å². The van der Waals surface area contributed by atoms with Crippen LogP contribution in [0.25, 0.3) is 0 Å². The Balaban J connectivity index is 1.96. The summed E-state index contributed by atoms with van der Waals surface area (Å²) in [6.45, 7) is 3.32. The molecule has 1 aromatic rings. The van der Waals surface area contributed by atoms with Gasteiger partial charge in [-0.1, -0.05) is 50.5 Å². The lowest BCUT2D eigenvalue weighted by atomic mass is 10.0. The molecule has 0 fully saturated rings. The second kappa shape index (κ2) is 4.61. The zero-order valence-corrected chi connectivity index (χ0v) is 8.92. The molecule has 1 aromatic carbocycles. The third kappa shape index (κ3) is 1.98. The summed E-state index contributed by atoms with van der Waals surface area (Å²) in [4.78, 5) is 0. The van der Waals surface area contributed by atoms with Crippen LogP contribution in [0.4, 0.5) is 0 Å². The highest BCUT2D eigenvalue weighted by Crippen LogP contribution is 2.28. The second-order valence-corrected chi connectivity index (χ2v) is 4.13. The van der Waals surface area contributed by atoms with Gasteiger partial charge in [0.25, 0.3) is 0 Å². The van der Waals surface area contributed by atoms with E-state index in [4.69, 9.17) is 0 Å². The van der Waals surface area contributed by atoms with Gasteiger partial charge >= 0.3 is 0 Å². The van der Waals surface area contributed by atoms with E-state index in [1.807, 2.05) is 0 Å². The molecule has 0 saturated carbocycles. The summed E-state index contributed by atoms with van der Waals surface area (Å²) in [5, 5.41) is 3.58. The number of fused-ring (bicyclic) bond motifs is 1. The van der Waals surface area contributed by atoms with Gasteiger partial charge in [0.2, 0.25) is 0 Å². The van der Waals surface area contributed by atoms with Crippen LogP contribution in [0.5, 0.6) is 0 Å². The predicted octanol–water partition coefficient (Wildman–Crippen LogP) is 3.41. The Kier molecular flexibility index (Phi) is 3.20. The molecule has 1 unspecified atom stereocenters. The van der Waals surface area contributed by atoms with E-state index in [1.54, 1.807) is 0 Å². The van der Waals surface area contributed by atoms with E-state index in [0.717, 1.165) is 6.54 Å². The lowest BCUT2D eigenvalue weighted by Crippen LogP contribution is -2.11. The maximum Gasteiger partial charge on any atom is 0.0326 e. The van der Waals surface area contributed by atoms with Crippen LogP contribution in [0.1, 0.15) is 49.8 Å². The molecule has 1 aliphatic rings. The van der Waals surface area contributed by atoms with Gasteiger partial charge in [-0.3, -0.25) is 0 Å². The van der Waals surface area contributed by atoms with E-state index in [-0.39, 0.29) is 0 Å². The molecule has 1 heteroatoms. The van der Waals surface area contributed by atoms with Gasteiger partial charge in [-0.25, -0.2) is 0 Å². The molecule has 76 valence electrons. The van der Waals surface area contributed by atoms with Crippen molar-refractivity contribution in [2.75, 3.05) is 0 Å². The van der Waals surface area contributed by atoms with Crippen molar-refractivity contribution in [1.29, 1.82) is 0 Å². The second-order valence-electron chi connectivity index (χ2n) is 4.13. The first-order chi connectivity index (χ1) is 6.92. The Hall–Kier alpha value is -0.820. The minimum absolute atomic E-state index is 0.623. The molecular formula is C13H19N. The molecule has 1 nitrogen and oxygen atoms in total. The molecular weight excluding hydrogens is 170 g/mol. The molecule has 1 atom stereocenters. The van der Waals surface area contributed by atoms with Gasteiger partial charge in [0.15, 0.2) is 0 Å². The fourth-order valence-electron chi connectivity index (χ4n) is 2.23. The molecule has 1 heterocycles. The summed E-state index contributed by atoms with van der Waals surface area (Å²) in [6, 6.07) is 9.42. The van der Waals surface area contributed by atoms with Crippen LogP contribution >= 0.6 is 0 Å². The van der Waals surface area contributed by atoms with Crippen molar-refractivity contribution in [3.05, 3.63) is 35.4 Å². The topological polar surface area (TPSA) is 12.0 Å². The molecule has 0 aromatic heterocycles. The van der Waals surface area contributed by atoms with E-state index >= 15 is 0 Å². The fourth-order valence-corrected chi connectivity index (χ4v) is 2.23. The minimum Gasteiger partial charge on any atom is -0.306 e. The summed E-state index contributed by atoms with van der Waals surface area (Å²) in [5.74, 6) is 0. The summed E-state index contributed by atoms with van der Waals surface area (Å²) in [7, 11) is 0. The number of unbranched alkanes of at least 4 members (excludes halogenated alkanes) is 2. The number of hydrogen-bond acceptors (Lipinski definition) is 1. The van der Waals surface area contributed by atoms with Gasteiger partial charge in [0.05, 0.1) is 0 Å². The highest BCUT2D eigenvalue weighted by Gasteiger charge is 2.19. The third-order valence-corrected chi connectivity index (χ3v) is 3.07. The molecule has 2 rings (SSSR count). The van der Waals surface area contributed by atoms with Crippen LogP contribution in [0.3, 0.4) is 0 Å². The van der Waals surface area contributed by atoms with Gasteiger partial charge in [0.1, 0.15) is 0 Å². The van der Waals surface area contributed by atoms with Gasteiger partial charge < -0.3 is 5.32 Å².